The van der Waals surface area contributed by atoms with Gasteiger partial charge < -0.3 is 34.7 Å². The number of nitrogens with two attached hydrogens (primary N) is 1. The molecule has 3 aliphatic rings. The number of aromatic nitrogens is 4. The molecule has 0 amide bonds. The number of rotatable bonds is 4. The van der Waals surface area contributed by atoms with E-state index in [1.54, 1.807) is 6.08 Å². The van der Waals surface area contributed by atoms with Gasteiger partial charge in [-0.25, -0.2) is 13.9 Å². The molecule has 218 valence electrons. The number of nitrogens with zero attached hydrogens (tertiary/aromatic N) is 3. The van der Waals surface area contributed by atoms with Gasteiger partial charge in [0.2, 0.25) is 5.78 Å². The predicted molar refractivity (Wildman–Crippen MR) is 147 cm³/mol. The number of pyridine rings is 1. The number of phosphoric ester groups is 1. The van der Waals surface area contributed by atoms with Crippen LogP contribution in [0.1, 0.15) is 28.6 Å². The van der Waals surface area contributed by atoms with E-state index in [-0.39, 0.29) is 5.82 Å². The zero-order valence-corrected chi connectivity index (χ0v) is 23.6. The fourth-order valence-electron chi connectivity index (χ4n) is 6.30. The smallest absolute Gasteiger partial charge is 0.383 e. The van der Waals surface area contributed by atoms with Crippen LogP contribution < -0.4 is 16.0 Å². The zero-order valence-electron chi connectivity index (χ0n) is 22.7. The number of phosphoric acid groups is 1. The van der Waals surface area contributed by atoms with E-state index < -0.39 is 56.2 Å². The molecule has 5 atom stereocenters. The summed E-state index contributed by atoms with van der Waals surface area (Å²) in [5.74, 6) is -2.43. The SMILES string of the molecule is Cc1c2cc[n+](C)cc2c(C)c2c3c([nH]c12)C=CC(=O)[C@@]31O[C@@H]2[C@H](O1)[C@@H](COP(=O)(O)O)O[C@H]2n1ccc(N)nc1=O. The van der Waals surface area contributed by atoms with Gasteiger partial charge in [0.25, 0.3) is 5.79 Å². The molecule has 0 saturated carbocycles. The maximum Gasteiger partial charge on any atom is 0.469 e. The summed E-state index contributed by atoms with van der Waals surface area (Å²) in [7, 11) is -2.96. The number of nitrogen functional groups attached to an aromatic ring is 1. The van der Waals surface area contributed by atoms with Crippen molar-refractivity contribution in [3.63, 3.8) is 0 Å². The van der Waals surface area contributed by atoms with Crippen LogP contribution in [0.2, 0.25) is 0 Å². The molecule has 5 N–H and O–H groups in total. The summed E-state index contributed by atoms with van der Waals surface area (Å²) >= 11 is 0. The number of nitrogens with one attached hydrogen (secondary N) is 1. The molecule has 1 spiro atoms. The van der Waals surface area contributed by atoms with Gasteiger partial charge in [-0.1, -0.05) is 0 Å². The van der Waals surface area contributed by atoms with Gasteiger partial charge >= 0.3 is 13.5 Å². The molecule has 0 unspecified atom stereocenters. The highest BCUT2D eigenvalue weighted by Gasteiger charge is 2.64. The highest BCUT2D eigenvalue weighted by molar-refractivity contribution is 7.46. The Balaban J connectivity index is 1.41. The highest BCUT2D eigenvalue weighted by Crippen LogP contribution is 2.53. The van der Waals surface area contributed by atoms with E-state index in [1.165, 1.54) is 18.3 Å². The molecule has 3 aromatic heterocycles. The van der Waals surface area contributed by atoms with Gasteiger partial charge in [-0.2, -0.15) is 4.98 Å². The fourth-order valence-corrected chi connectivity index (χ4v) is 6.64. The molecule has 2 fully saturated rings. The van der Waals surface area contributed by atoms with Crippen LogP contribution in [0, 0.1) is 13.8 Å². The van der Waals surface area contributed by atoms with E-state index in [1.807, 2.05) is 43.9 Å². The summed E-state index contributed by atoms with van der Waals surface area (Å²) in [6.07, 6.45) is 3.96. The summed E-state index contributed by atoms with van der Waals surface area (Å²) in [4.78, 5) is 52.5. The summed E-state index contributed by atoms with van der Waals surface area (Å²) in [6, 6.07) is 3.43. The number of aryl methyl sites for hydroxylation is 3. The van der Waals surface area contributed by atoms with E-state index in [0.29, 0.717) is 11.3 Å². The largest absolute Gasteiger partial charge is 0.469 e. The van der Waals surface area contributed by atoms with Crippen molar-refractivity contribution in [2.75, 3.05) is 12.3 Å². The number of ketones is 1. The average Bonchev–Trinajstić information content (AvgIpc) is 3.59. The summed E-state index contributed by atoms with van der Waals surface area (Å²) in [6.45, 7) is 3.37. The van der Waals surface area contributed by atoms with Crippen molar-refractivity contribution in [2.45, 2.75) is 44.2 Å². The summed E-state index contributed by atoms with van der Waals surface area (Å²) in [5, 5.41) is 2.78. The maximum absolute atomic E-state index is 13.8. The molecular weight excluding hydrogens is 569 g/mol. The molecule has 15 heteroatoms. The predicted octanol–water partition coefficient (Wildman–Crippen LogP) is 1.14. The number of fused-ring (bicyclic) bond motifs is 6. The van der Waals surface area contributed by atoms with Crippen LogP contribution in [-0.2, 0) is 40.9 Å². The van der Waals surface area contributed by atoms with Gasteiger partial charge in [0.05, 0.1) is 17.7 Å². The van der Waals surface area contributed by atoms with E-state index in [2.05, 4.69) is 9.97 Å². The van der Waals surface area contributed by atoms with Crippen molar-refractivity contribution in [1.29, 1.82) is 0 Å². The first kappa shape index (κ1) is 27.1. The Kier molecular flexibility index (Phi) is 5.89. The lowest BCUT2D eigenvalue weighted by Crippen LogP contribution is -2.42. The molecule has 1 aliphatic carbocycles. The monoisotopic (exact) mass is 596 g/mol. The Labute approximate surface area is 237 Å². The minimum atomic E-state index is -4.89. The zero-order chi connectivity index (χ0) is 29.7. The summed E-state index contributed by atoms with van der Waals surface area (Å²) < 4.78 is 38.4. The lowest BCUT2D eigenvalue weighted by Gasteiger charge is -2.31. The number of H-pyrrole nitrogens is 1. The normalized spacial score (nSPS) is 26.9. The van der Waals surface area contributed by atoms with Crippen LogP contribution in [-0.4, -0.2) is 55.0 Å². The Hall–Kier alpha value is -3.75. The van der Waals surface area contributed by atoms with Crippen molar-refractivity contribution in [2.24, 2.45) is 7.05 Å². The minimum absolute atomic E-state index is 0.00487. The average molecular weight is 597 g/mol. The third-order valence-corrected chi connectivity index (χ3v) is 8.65. The van der Waals surface area contributed by atoms with Gasteiger partial charge in [-0.15, -0.1) is 0 Å². The number of ether oxygens (including phenoxy) is 3. The number of hydrogen-bond acceptors (Lipinski definition) is 9. The molecular formula is C27H27N5O9P+. The molecule has 7 rings (SSSR count). The summed E-state index contributed by atoms with van der Waals surface area (Å²) in [5.41, 5.74) is 8.71. The van der Waals surface area contributed by atoms with Crippen molar-refractivity contribution in [3.8, 4) is 0 Å². The van der Waals surface area contributed by atoms with Gasteiger partial charge in [0, 0.05) is 28.7 Å². The van der Waals surface area contributed by atoms with Crippen LogP contribution >= 0.6 is 7.82 Å². The first-order valence-electron chi connectivity index (χ1n) is 13.1. The van der Waals surface area contributed by atoms with Crippen molar-refractivity contribution in [1.82, 2.24) is 14.5 Å². The second-order valence-corrected chi connectivity index (χ2v) is 12.0. The number of aromatic amines is 1. The number of anilines is 1. The maximum atomic E-state index is 13.8. The number of carbonyl (C=O) groups excluding carboxylic acids is 1. The van der Waals surface area contributed by atoms with Crippen LogP contribution in [0.5, 0.6) is 0 Å². The molecule has 5 heterocycles. The Morgan fingerprint density at radius 2 is 1.93 bits per heavy atom. The Morgan fingerprint density at radius 3 is 2.67 bits per heavy atom. The third-order valence-electron chi connectivity index (χ3n) is 8.16. The topological polar surface area (TPSA) is 192 Å². The second kappa shape index (κ2) is 9.12. The van der Waals surface area contributed by atoms with Crippen LogP contribution in [0.25, 0.3) is 27.8 Å². The minimum Gasteiger partial charge on any atom is -0.383 e. The van der Waals surface area contributed by atoms with E-state index in [0.717, 1.165) is 37.4 Å². The molecule has 0 bridgehead atoms. The highest BCUT2D eigenvalue weighted by atomic mass is 31.2. The molecule has 0 radical (unpaired) electrons. The van der Waals surface area contributed by atoms with Crippen LogP contribution in [0.3, 0.4) is 0 Å². The third kappa shape index (κ3) is 3.92. The van der Waals surface area contributed by atoms with Crippen LogP contribution in [0.4, 0.5) is 5.82 Å². The molecule has 4 aromatic rings. The molecule has 2 aliphatic heterocycles. The van der Waals surface area contributed by atoms with Gasteiger partial charge in [-0.3, -0.25) is 13.9 Å². The first-order chi connectivity index (χ1) is 19.9. The van der Waals surface area contributed by atoms with Gasteiger partial charge in [0.15, 0.2) is 18.6 Å². The lowest BCUT2D eigenvalue weighted by atomic mass is 9.89. The lowest BCUT2D eigenvalue weighted by molar-refractivity contribution is -0.670. The van der Waals surface area contributed by atoms with E-state index >= 15 is 0 Å². The van der Waals surface area contributed by atoms with Crippen molar-refractivity contribution < 1.29 is 42.4 Å². The quantitative estimate of drug-likeness (QED) is 0.195. The molecule has 1 aromatic carbocycles. The van der Waals surface area contributed by atoms with Crippen LogP contribution in [0.15, 0.2) is 41.6 Å². The standard InChI is InChI=1S/C27H26N5O9P/c1-12-15-10-31(3)8-6-14(15)13(2)22-20(12)21-16(29-22)4-5-18(33)27(21)40-23-17(11-38-42(35,36)37)39-25(24(23)41-27)32-9-7-19(28)30-26(32)34/h4-10,17,23-25H,11H2,1-3H3,(H4,28,30,34,35,36,37)/p+1/t17-,23-,24-,25-,27-/m1/s1. The second-order valence-electron chi connectivity index (χ2n) is 10.7. The van der Waals surface area contributed by atoms with Crippen molar-refractivity contribution >= 4 is 47.2 Å². The number of hydrogen-bond donors (Lipinski definition) is 4. The molecule has 2 saturated heterocycles. The van der Waals surface area contributed by atoms with Gasteiger partial charge in [0.1, 0.15) is 31.2 Å². The Morgan fingerprint density at radius 1 is 1.17 bits per heavy atom. The molecule has 14 nitrogen and oxygen atoms in total. The number of carbonyl (C=O) groups is 1. The molecule has 42 heavy (non-hydrogen) atoms. The Bertz CT molecular complexity index is 1960. The van der Waals surface area contributed by atoms with Crippen molar-refractivity contribution in [3.05, 3.63) is 69.7 Å². The van der Waals surface area contributed by atoms with E-state index in [9.17, 15) is 23.9 Å². The van der Waals surface area contributed by atoms with Gasteiger partial charge in [-0.05, 0) is 48.6 Å². The first-order valence-corrected chi connectivity index (χ1v) is 14.6. The van der Waals surface area contributed by atoms with E-state index in [4.69, 9.17) is 24.5 Å². The fraction of sp³-hybridized carbons (Fsp3) is 0.333. The number of benzene rings is 1.